The van der Waals surface area contributed by atoms with Gasteiger partial charge in [0.05, 0.1) is 24.5 Å². The molecule has 3 rings (SSSR count). The van der Waals surface area contributed by atoms with Crippen LogP contribution < -0.4 is 5.56 Å². The molecule has 0 saturated heterocycles. The minimum Gasteiger partial charge on any atom is -0.376 e. The third-order valence-electron chi connectivity index (χ3n) is 4.45. The predicted molar refractivity (Wildman–Crippen MR) is 74.5 cm³/mol. The zero-order chi connectivity index (χ0) is 13.9. The summed E-state index contributed by atoms with van der Waals surface area (Å²) in [5.74, 6) is 1.17. The molecule has 1 unspecified atom stereocenters. The average Bonchev–Trinajstić information content (AvgIpc) is 2.49. The van der Waals surface area contributed by atoms with E-state index in [1.165, 1.54) is 19.3 Å². The number of nitrogens with one attached hydrogen (secondary N) is 1. The molecule has 0 aromatic carbocycles. The quantitative estimate of drug-likeness (QED) is 0.919. The van der Waals surface area contributed by atoms with Gasteiger partial charge in [0, 0.05) is 13.5 Å². The van der Waals surface area contributed by atoms with E-state index < -0.39 is 0 Å². The molecule has 0 radical (unpaired) electrons. The second-order valence-corrected chi connectivity index (χ2v) is 5.73. The number of aromatic nitrogens is 2. The van der Waals surface area contributed by atoms with Gasteiger partial charge in [0.2, 0.25) is 0 Å². The van der Waals surface area contributed by atoms with Gasteiger partial charge in [-0.1, -0.05) is 19.3 Å². The van der Waals surface area contributed by atoms with Gasteiger partial charge in [-0.15, -0.1) is 0 Å². The Morgan fingerprint density at radius 2 is 2.15 bits per heavy atom. The lowest BCUT2D eigenvalue weighted by atomic mass is 9.85. The standard InChI is InChI=1S/C15H22N2O3/c1-19-13(10-5-3-2-4-6-10)14-16-12-7-8-20-9-11(12)15(18)17-14/h10,13H,2-9H2,1H3,(H,16,17,18). The second-order valence-electron chi connectivity index (χ2n) is 5.73. The third-order valence-corrected chi connectivity index (χ3v) is 4.45. The van der Waals surface area contributed by atoms with Crippen molar-refractivity contribution in [2.24, 2.45) is 5.92 Å². The SMILES string of the molecule is COC(c1nc2c(c(=O)[nH]1)COCC2)C1CCCCC1. The van der Waals surface area contributed by atoms with Crippen molar-refractivity contribution in [3.63, 3.8) is 0 Å². The van der Waals surface area contributed by atoms with E-state index in [-0.39, 0.29) is 11.7 Å². The highest BCUT2D eigenvalue weighted by atomic mass is 16.5. The molecule has 5 heteroatoms. The van der Waals surface area contributed by atoms with Gasteiger partial charge >= 0.3 is 0 Å². The van der Waals surface area contributed by atoms with Crippen LogP contribution in [0.2, 0.25) is 0 Å². The highest BCUT2D eigenvalue weighted by Crippen LogP contribution is 2.35. The number of rotatable bonds is 3. The van der Waals surface area contributed by atoms with Gasteiger partial charge in [0.25, 0.3) is 5.56 Å². The predicted octanol–water partition coefficient (Wildman–Crippen LogP) is 2.11. The Balaban J connectivity index is 1.91. The monoisotopic (exact) mass is 278 g/mol. The molecule has 0 amide bonds. The number of fused-ring (bicyclic) bond motifs is 1. The molecule has 1 aromatic rings. The first-order chi connectivity index (χ1) is 9.79. The molecule has 0 bridgehead atoms. The van der Waals surface area contributed by atoms with Gasteiger partial charge in [-0.2, -0.15) is 0 Å². The Bertz CT molecular complexity index is 520. The fourth-order valence-corrected chi connectivity index (χ4v) is 3.36. The van der Waals surface area contributed by atoms with Gasteiger partial charge in [-0.25, -0.2) is 4.98 Å². The van der Waals surface area contributed by atoms with Crippen LogP contribution in [0.5, 0.6) is 0 Å². The van der Waals surface area contributed by atoms with Crippen LogP contribution in [0, 0.1) is 5.92 Å². The highest BCUT2D eigenvalue weighted by molar-refractivity contribution is 5.20. The summed E-state index contributed by atoms with van der Waals surface area (Å²) in [4.78, 5) is 19.7. The van der Waals surface area contributed by atoms with Crippen molar-refractivity contribution in [1.29, 1.82) is 0 Å². The second kappa shape index (κ2) is 6.06. The maximum absolute atomic E-state index is 12.2. The summed E-state index contributed by atoms with van der Waals surface area (Å²) in [6, 6.07) is 0. The van der Waals surface area contributed by atoms with Gasteiger partial charge in [-0.3, -0.25) is 4.79 Å². The van der Waals surface area contributed by atoms with Crippen molar-refractivity contribution in [2.45, 2.75) is 51.2 Å². The molecule has 2 aliphatic rings. The molecule has 2 heterocycles. The van der Waals surface area contributed by atoms with E-state index in [9.17, 15) is 4.79 Å². The van der Waals surface area contributed by atoms with Crippen LogP contribution in [0.1, 0.15) is 55.3 Å². The Morgan fingerprint density at radius 1 is 1.35 bits per heavy atom. The fraction of sp³-hybridized carbons (Fsp3) is 0.733. The fourth-order valence-electron chi connectivity index (χ4n) is 3.36. The van der Waals surface area contributed by atoms with E-state index in [4.69, 9.17) is 9.47 Å². The van der Waals surface area contributed by atoms with Crippen molar-refractivity contribution >= 4 is 0 Å². The highest BCUT2D eigenvalue weighted by Gasteiger charge is 2.28. The Kier molecular flexibility index (Phi) is 4.17. The summed E-state index contributed by atoms with van der Waals surface area (Å²) in [6.07, 6.45) is 6.73. The molecular formula is C15H22N2O3. The van der Waals surface area contributed by atoms with Crippen LogP contribution in [0.4, 0.5) is 0 Å². The van der Waals surface area contributed by atoms with Gasteiger partial charge < -0.3 is 14.5 Å². The number of hydrogen-bond donors (Lipinski definition) is 1. The molecule has 5 nitrogen and oxygen atoms in total. The minimum atomic E-state index is -0.0869. The minimum absolute atomic E-state index is 0.0671. The van der Waals surface area contributed by atoms with Crippen molar-refractivity contribution < 1.29 is 9.47 Å². The summed E-state index contributed by atoms with van der Waals surface area (Å²) in [7, 11) is 1.71. The van der Waals surface area contributed by atoms with Crippen molar-refractivity contribution in [3.8, 4) is 0 Å². The zero-order valence-electron chi connectivity index (χ0n) is 12.0. The third kappa shape index (κ3) is 2.65. The molecular weight excluding hydrogens is 256 g/mol. The molecule has 1 atom stereocenters. The molecule has 0 spiro atoms. The van der Waals surface area contributed by atoms with Crippen LogP contribution in [-0.2, 0) is 22.5 Å². The van der Waals surface area contributed by atoms with Crippen LogP contribution in [0.25, 0.3) is 0 Å². The van der Waals surface area contributed by atoms with Crippen LogP contribution >= 0.6 is 0 Å². The van der Waals surface area contributed by atoms with Gasteiger partial charge in [0.1, 0.15) is 11.9 Å². The molecule has 1 aliphatic heterocycles. The molecule has 1 aliphatic carbocycles. The Labute approximate surface area is 118 Å². The summed E-state index contributed by atoms with van der Waals surface area (Å²) in [5, 5.41) is 0. The van der Waals surface area contributed by atoms with Crippen molar-refractivity contribution in [1.82, 2.24) is 9.97 Å². The van der Waals surface area contributed by atoms with E-state index in [1.54, 1.807) is 7.11 Å². The number of aromatic amines is 1. The molecule has 1 N–H and O–H groups in total. The lowest BCUT2D eigenvalue weighted by Gasteiger charge is -2.29. The lowest BCUT2D eigenvalue weighted by molar-refractivity contribution is 0.0279. The smallest absolute Gasteiger partial charge is 0.256 e. The largest absolute Gasteiger partial charge is 0.376 e. The number of ether oxygens (including phenoxy) is 2. The van der Waals surface area contributed by atoms with Gasteiger partial charge in [-0.05, 0) is 18.8 Å². The molecule has 110 valence electrons. The molecule has 20 heavy (non-hydrogen) atoms. The zero-order valence-corrected chi connectivity index (χ0v) is 12.0. The first-order valence-electron chi connectivity index (χ1n) is 7.52. The summed E-state index contributed by atoms with van der Waals surface area (Å²) in [5.41, 5.74) is 1.49. The maximum Gasteiger partial charge on any atom is 0.256 e. The molecule has 1 fully saturated rings. The Morgan fingerprint density at radius 3 is 2.90 bits per heavy atom. The molecule has 1 aromatic heterocycles. The maximum atomic E-state index is 12.2. The van der Waals surface area contributed by atoms with Crippen LogP contribution in [0.15, 0.2) is 4.79 Å². The van der Waals surface area contributed by atoms with Crippen molar-refractivity contribution in [2.75, 3.05) is 13.7 Å². The number of H-pyrrole nitrogens is 1. The average molecular weight is 278 g/mol. The normalized spacial score (nSPS) is 21.4. The summed E-state index contributed by atoms with van der Waals surface area (Å²) in [6.45, 7) is 1.02. The van der Waals surface area contributed by atoms with E-state index in [2.05, 4.69) is 9.97 Å². The number of nitrogens with zero attached hydrogens (tertiary/aromatic N) is 1. The lowest BCUT2D eigenvalue weighted by Crippen LogP contribution is -2.29. The van der Waals surface area contributed by atoms with E-state index in [0.29, 0.717) is 36.9 Å². The number of hydrogen-bond acceptors (Lipinski definition) is 4. The topological polar surface area (TPSA) is 64.2 Å². The van der Waals surface area contributed by atoms with Crippen molar-refractivity contribution in [3.05, 3.63) is 27.4 Å². The summed E-state index contributed by atoms with van der Waals surface area (Å²) >= 11 is 0. The van der Waals surface area contributed by atoms with E-state index in [1.807, 2.05) is 0 Å². The van der Waals surface area contributed by atoms with Crippen LogP contribution in [-0.4, -0.2) is 23.7 Å². The van der Waals surface area contributed by atoms with E-state index in [0.717, 1.165) is 18.5 Å². The molecule has 1 saturated carbocycles. The number of methoxy groups -OCH3 is 1. The van der Waals surface area contributed by atoms with Crippen LogP contribution in [0.3, 0.4) is 0 Å². The first kappa shape index (κ1) is 13.8. The summed E-state index contributed by atoms with van der Waals surface area (Å²) < 4.78 is 11.0. The van der Waals surface area contributed by atoms with E-state index >= 15 is 0 Å². The Hall–Kier alpha value is -1.20. The first-order valence-corrected chi connectivity index (χ1v) is 7.52. The van der Waals surface area contributed by atoms with Gasteiger partial charge in [0.15, 0.2) is 0 Å².